The highest BCUT2D eigenvalue weighted by molar-refractivity contribution is 9.10. The Bertz CT molecular complexity index is 583. The van der Waals surface area contributed by atoms with Gasteiger partial charge in [-0.25, -0.2) is 4.39 Å². The molecule has 0 aliphatic heterocycles. The molecule has 1 aromatic carbocycles. The Morgan fingerprint density at radius 1 is 1.50 bits per heavy atom. The van der Waals surface area contributed by atoms with Crippen molar-refractivity contribution < 1.29 is 4.39 Å². The van der Waals surface area contributed by atoms with Crippen molar-refractivity contribution in [3.63, 3.8) is 0 Å². The predicted molar refractivity (Wildman–Crippen MR) is 74.4 cm³/mol. The van der Waals surface area contributed by atoms with Crippen LogP contribution in [-0.2, 0) is 13.6 Å². The zero-order valence-corrected chi connectivity index (χ0v) is 12.3. The van der Waals surface area contributed by atoms with E-state index in [1.54, 1.807) is 16.8 Å². The van der Waals surface area contributed by atoms with Crippen molar-refractivity contribution in [1.29, 1.82) is 0 Å². The molecule has 0 unspecified atom stereocenters. The Balaban J connectivity index is 2.19. The molecule has 0 spiro atoms. The maximum absolute atomic E-state index is 13.7. The van der Waals surface area contributed by atoms with Gasteiger partial charge in [0.1, 0.15) is 0 Å². The molecule has 0 saturated carbocycles. The lowest BCUT2D eigenvalue weighted by atomic mass is 10.3. The van der Waals surface area contributed by atoms with Gasteiger partial charge in [-0.2, -0.15) is 5.10 Å². The summed E-state index contributed by atoms with van der Waals surface area (Å²) in [6, 6.07) is 4.88. The Morgan fingerprint density at radius 2 is 2.22 bits per heavy atom. The molecule has 0 aliphatic rings. The van der Waals surface area contributed by atoms with Gasteiger partial charge in [-0.15, -0.1) is 0 Å². The smallest absolute Gasteiger partial charge is 0.164 e. The zero-order chi connectivity index (χ0) is 13.3. The van der Waals surface area contributed by atoms with Gasteiger partial charge >= 0.3 is 0 Å². The number of benzene rings is 1. The maximum Gasteiger partial charge on any atom is 0.164 e. The Kier molecular flexibility index (Phi) is 3.92. The van der Waals surface area contributed by atoms with E-state index in [-0.39, 0.29) is 5.02 Å². The van der Waals surface area contributed by atoms with Crippen LogP contribution in [0.2, 0.25) is 5.02 Å². The molecule has 0 aliphatic carbocycles. The summed E-state index contributed by atoms with van der Waals surface area (Å²) in [6.45, 7) is 2.38. The van der Waals surface area contributed by atoms with Crippen molar-refractivity contribution in [2.24, 2.45) is 7.05 Å². The van der Waals surface area contributed by atoms with E-state index in [4.69, 9.17) is 11.6 Å². The van der Waals surface area contributed by atoms with Crippen molar-refractivity contribution in [2.45, 2.75) is 13.5 Å². The summed E-state index contributed by atoms with van der Waals surface area (Å²) >= 11 is 9.18. The Morgan fingerprint density at radius 3 is 2.83 bits per heavy atom. The monoisotopic (exact) mass is 331 g/mol. The van der Waals surface area contributed by atoms with Crippen LogP contribution in [0.3, 0.4) is 0 Å². The van der Waals surface area contributed by atoms with Crippen LogP contribution >= 0.6 is 27.5 Å². The quantitative estimate of drug-likeness (QED) is 0.924. The van der Waals surface area contributed by atoms with Crippen LogP contribution in [0.4, 0.5) is 10.1 Å². The Hall–Kier alpha value is -1.07. The minimum atomic E-state index is -0.436. The molecule has 0 bridgehead atoms. The van der Waals surface area contributed by atoms with E-state index in [1.807, 2.05) is 14.0 Å². The molecular weight excluding hydrogens is 321 g/mol. The number of rotatable bonds is 3. The second-order valence-corrected chi connectivity index (χ2v) is 5.12. The number of aromatic nitrogens is 2. The second-order valence-electron chi connectivity index (χ2n) is 3.92. The third kappa shape index (κ3) is 2.52. The molecule has 1 N–H and O–H groups in total. The van der Waals surface area contributed by atoms with E-state index < -0.39 is 5.82 Å². The first-order valence-electron chi connectivity index (χ1n) is 5.36. The van der Waals surface area contributed by atoms with Crippen molar-refractivity contribution in [2.75, 3.05) is 5.32 Å². The predicted octanol–water partition coefficient (Wildman–Crippen LogP) is 3.90. The lowest BCUT2D eigenvalue weighted by Crippen LogP contribution is -2.07. The maximum atomic E-state index is 13.7. The molecule has 1 aromatic heterocycles. The molecule has 2 rings (SSSR count). The minimum absolute atomic E-state index is 0.111. The summed E-state index contributed by atoms with van der Waals surface area (Å²) in [5.41, 5.74) is 2.24. The number of nitrogens with zero attached hydrogens (tertiary/aromatic N) is 2. The summed E-state index contributed by atoms with van der Waals surface area (Å²) in [7, 11) is 1.85. The van der Waals surface area contributed by atoms with Crippen molar-refractivity contribution in [1.82, 2.24) is 9.78 Å². The van der Waals surface area contributed by atoms with E-state index in [0.29, 0.717) is 12.2 Å². The second kappa shape index (κ2) is 5.28. The standard InChI is InChI=1S/C12H12BrClFN3/c1-7-11(13)10(18(2)17-7)6-16-9-5-3-4-8(14)12(9)15/h3-5,16H,6H2,1-2H3. The van der Waals surface area contributed by atoms with Crippen LogP contribution in [0.5, 0.6) is 0 Å². The van der Waals surface area contributed by atoms with Crippen LogP contribution in [0.15, 0.2) is 22.7 Å². The number of aryl methyl sites for hydroxylation is 2. The summed E-state index contributed by atoms with van der Waals surface area (Å²) in [6.07, 6.45) is 0. The van der Waals surface area contributed by atoms with Gasteiger partial charge in [0, 0.05) is 7.05 Å². The highest BCUT2D eigenvalue weighted by atomic mass is 79.9. The third-order valence-electron chi connectivity index (χ3n) is 2.66. The van der Waals surface area contributed by atoms with Gasteiger partial charge in [0.05, 0.1) is 33.1 Å². The first-order chi connectivity index (χ1) is 8.50. The van der Waals surface area contributed by atoms with E-state index in [1.165, 1.54) is 6.07 Å². The molecule has 3 nitrogen and oxygen atoms in total. The highest BCUT2D eigenvalue weighted by Crippen LogP contribution is 2.24. The SMILES string of the molecule is Cc1nn(C)c(CNc2cccc(Cl)c2F)c1Br. The fraction of sp³-hybridized carbons (Fsp3) is 0.250. The minimum Gasteiger partial charge on any atom is -0.377 e. The van der Waals surface area contributed by atoms with Crippen LogP contribution in [0, 0.1) is 12.7 Å². The molecular formula is C12H12BrClFN3. The van der Waals surface area contributed by atoms with Gasteiger partial charge in [-0.05, 0) is 35.0 Å². The molecule has 0 radical (unpaired) electrons. The molecule has 0 atom stereocenters. The van der Waals surface area contributed by atoms with E-state index in [2.05, 4.69) is 26.3 Å². The van der Waals surface area contributed by atoms with Crippen molar-refractivity contribution in [3.8, 4) is 0 Å². The fourth-order valence-electron chi connectivity index (χ4n) is 1.69. The summed E-state index contributed by atoms with van der Waals surface area (Å²) in [4.78, 5) is 0. The van der Waals surface area contributed by atoms with Gasteiger partial charge in [0.25, 0.3) is 0 Å². The third-order valence-corrected chi connectivity index (χ3v) is 3.98. The summed E-state index contributed by atoms with van der Waals surface area (Å²) < 4.78 is 16.4. The number of nitrogens with one attached hydrogen (secondary N) is 1. The normalized spacial score (nSPS) is 10.7. The van der Waals surface area contributed by atoms with Crippen LogP contribution in [0.25, 0.3) is 0 Å². The van der Waals surface area contributed by atoms with E-state index in [9.17, 15) is 4.39 Å². The van der Waals surface area contributed by atoms with E-state index >= 15 is 0 Å². The number of hydrogen-bond donors (Lipinski definition) is 1. The average Bonchev–Trinajstić information content (AvgIpc) is 2.56. The van der Waals surface area contributed by atoms with Gasteiger partial charge in [-0.1, -0.05) is 17.7 Å². The first-order valence-corrected chi connectivity index (χ1v) is 6.53. The van der Waals surface area contributed by atoms with Crippen LogP contribution < -0.4 is 5.32 Å². The van der Waals surface area contributed by atoms with Gasteiger partial charge in [0.15, 0.2) is 5.82 Å². The lowest BCUT2D eigenvalue weighted by Gasteiger charge is -2.09. The number of hydrogen-bond acceptors (Lipinski definition) is 2. The van der Waals surface area contributed by atoms with Gasteiger partial charge in [-0.3, -0.25) is 4.68 Å². The Labute approximate surface area is 118 Å². The summed E-state index contributed by atoms with van der Waals surface area (Å²) in [5.74, 6) is -0.436. The summed E-state index contributed by atoms with van der Waals surface area (Å²) in [5, 5.41) is 7.40. The molecule has 1 heterocycles. The van der Waals surface area contributed by atoms with Crippen LogP contribution in [-0.4, -0.2) is 9.78 Å². The first kappa shape index (κ1) is 13.4. The molecule has 6 heteroatoms. The average molecular weight is 333 g/mol. The molecule has 2 aromatic rings. The van der Waals surface area contributed by atoms with Crippen molar-refractivity contribution >= 4 is 33.2 Å². The molecule has 0 fully saturated rings. The van der Waals surface area contributed by atoms with Crippen LogP contribution in [0.1, 0.15) is 11.4 Å². The lowest BCUT2D eigenvalue weighted by molar-refractivity contribution is 0.629. The zero-order valence-electron chi connectivity index (χ0n) is 9.97. The topological polar surface area (TPSA) is 29.9 Å². The molecule has 0 saturated heterocycles. The molecule has 18 heavy (non-hydrogen) atoms. The van der Waals surface area contributed by atoms with Crippen molar-refractivity contribution in [3.05, 3.63) is 44.9 Å². The highest BCUT2D eigenvalue weighted by Gasteiger charge is 2.11. The number of anilines is 1. The molecule has 96 valence electrons. The number of halogens is 3. The van der Waals surface area contributed by atoms with Gasteiger partial charge < -0.3 is 5.32 Å². The van der Waals surface area contributed by atoms with E-state index in [0.717, 1.165) is 15.9 Å². The molecule has 0 amide bonds. The largest absolute Gasteiger partial charge is 0.377 e. The fourth-order valence-corrected chi connectivity index (χ4v) is 2.34. The van der Waals surface area contributed by atoms with Gasteiger partial charge in [0.2, 0.25) is 0 Å².